The lowest BCUT2D eigenvalue weighted by Crippen LogP contribution is -2.02. The van der Waals surface area contributed by atoms with Gasteiger partial charge < -0.3 is 15.6 Å². The first kappa shape index (κ1) is 13.0. The summed E-state index contributed by atoms with van der Waals surface area (Å²) in [5.41, 5.74) is 7.81. The molecule has 0 fully saturated rings. The van der Waals surface area contributed by atoms with Crippen LogP contribution in [-0.4, -0.2) is 24.9 Å². The number of benzene rings is 1. The van der Waals surface area contributed by atoms with Gasteiger partial charge >= 0.3 is 0 Å². The van der Waals surface area contributed by atoms with Crippen LogP contribution in [0.3, 0.4) is 0 Å². The Morgan fingerprint density at radius 1 is 1.06 bits per heavy atom. The van der Waals surface area contributed by atoms with Gasteiger partial charge in [-0.3, -0.25) is 0 Å². The summed E-state index contributed by atoms with van der Waals surface area (Å²) in [6, 6.07) is 7.88. The van der Waals surface area contributed by atoms with Crippen LogP contribution in [0.4, 0.5) is 5.69 Å². The van der Waals surface area contributed by atoms with Crippen molar-refractivity contribution in [2.24, 2.45) is 0 Å². The van der Waals surface area contributed by atoms with E-state index in [1.807, 2.05) is 24.3 Å². The van der Waals surface area contributed by atoms with Gasteiger partial charge in [-0.2, -0.15) is 0 Å². The lowest BCUT2D eigenvalue weighted by molar-refractivity contribution is 0.131. The zero-order chi connectivity index (χ0) is 11.6. The molecule has 90 valence electrons. The van der Waals surface area contributed by atoms with Crippen molar-refractivity contribution in [3.8, 4) is 0 Å². The van der Waals surface area contributed by atoms with E-state index < -0.39 is 0 Å². The van der Waals surface area contributed by atoms with E-state index >= 15 is 0 Å². The third-order valence-corrected chi connectivity index (χ3v) is 2.52. The third kappa shape index (κ3) is 5.14. The van der Waals surface area contributed by atoms with Crippen LogP contribution in [0.2, 0.25) is 0 Å². The summed E-state index contributed by atoms with van der Waals surface area (Å²) in [4.78, 5) is 0. The summed E-state index contributed by atoms with van der Waals surface area (Å²) in [7, 11) is 0. The average Bonchev–Trinajstić information content (AvgIpc) is 2.30. The van der Waals surface area contributed by atoms with E-state index in [0.717, 1.165) is 43.5 Å². The molecule has 0 unspecified atom stereocenters. The summed E-state index contributed by atoms with van der Waals surface area (Å²) in [5, 5.41) is 8.59. The second-order valence-electron chi connectivity index (χ2n) is 3.85. The lowest BCUT2D eigenvalue weighted by atomic mass is 10.1. The van der Waals surface area contributed by atoms with Crippen LogP contribution in [-0.2, 0) is 11.2 Å². The second kappa shape index (κ2) is 8.13. The topological polar surface area (TPSA) is 55.5 Å². The van der Waals surface area contributed by atoms with Crippen molar-refractivity contribution in [1.82, 2.24) is 0 Å². The van der Waals surface area contributed by atoms with Gasteiger partial charge in [0, 0.05) is 18.9 Å². The van der Waals surface area contributed by atoms with Gasteiger partial charge in [0.2, 0.25) is 0 Å². The number of unbranched alkanes of at least 4 members (excludes halogenated alkanes) is 2. The number of nitrogen functional groups attached to an aromatic ring is 1. The monoisotopic (exact) mass is 223 g/mol. The lowest BCUT2D eigenvalue weighted by Gasteiger charge is -2.06. The second-order valence-corrected chi connectivity index (χ2v) is 3.85. The molecule has 3 heteroatoms. The summed E-state index contributed by atoms with van der Waals surface area (Å²) < 4.78 is 5.50. The number of rotatable bonds is 8. The van der Waals surface area contributed by atoms with E-state index in [1.165, 1.54) is 0 Å². The molecule has 0 saturated carbocycles. The molecule has 1 aromatic rings. The minimum absolute atomic E-state index is 0.278. The highest BCUT2D eigenvalue weighted by molar-refractivity contribution is 5.46. The van der Waals surface area contributed by atoms with Gasteiger partial charge in [0.1, 0.15) is 0 Å². The fourth-order valence-electron chi connectivity index (χ4n) is 1.54. The maximum Gasteiger partial charge on any atom is 0.0507 e. The first-order valence-electron chi connectivity index (χ1n) is 5.86. The van der Waals surface area contributed by atoms with Gasteiger partial charge in [-0.15, -0.1) is 0 Å². The van der Waals surface area contributed by atoms with Crippen LogP contribution in [0.5, 0.6) is 0 Å². The van der Waals surface area contributed by atoms with Crippen molar-refractivity contribution in [3.05, 3.63) is 29.8 Å². The van der Waals surface area contributed by atoms with E-state index in [-0.39, 0.29) is 6.61 Å². The fourth-order valence-corrected chi connectivity index (χ4v) is 1.54. The Morgan fingerprint density at radius 2 is 1.88 bits per heavy atom. The maximum atomic E-state index is 8.59. The molecule has 0 aliphatic rings. The van der Waals surface area contributed by atoms with E-state index in [4.69, 9.17) is 15.6 Å². The smallest absolute Gasteiger partial charge is 0.0507 e. The Bertz CT molecular complexity index is 289. The van der Waals surface area contributed by atoms with Crippen molar-refractivity contribution in [2.75, 3.05) is 25.6 Å². The number of ether oxygens (including phenoxy) is 1. The van der Waals surface area contributed by atoms with Crippen molar-refractivity contribution >= 4 is 5.69 Å². The highest BCUT2D eigenvalue weighted by Gasteiger charge is 1.97. The molecule has 0 saturated heterocycles. The normalized spacial score (nSPS) is 10.6. The quantitative estimate of drug-likeness (QED) is 0.523. The Hall–Kier alpha value is -1.06. The predicted molar refractivity (Wildman–Crippen MR) is 66.3 cm³/mol. The summed E-state index contributed by atoms with van der Waals surface area (Å²) in [5.74, 6) is 0. The fraction of sp³-hybridized carbons (Fsp3) is 0.538. The Labute approximate surface area is 97.2 Å². The zero-order valence-corrected chi connectivity index (χ0v) is 9.69. The van der Waals surface area contributed by atoms with Crippen LogP contribution >= 0.6 is 0 Å². The Kier molecular flexibility index (Phi) is 6.61. The SMILES string of the molecule is Nc1ccccc1CCOCCCCCO. The minimum Gasteiger partial charge on any atom is -0.399 e. The number of anilines is 1. The maximum absolute atomic E-state index is 8.59. The molecule has 0 amide bonds. The molecule has 0 heterocycles. The Balaban J connectivity index is 2.05. The van der Waals surface area contributed by atoms with Crippen molar-refractivity contribution in [3.63, 3.8) is 0 Å². The third-order valence-electron chi connectivity index (χ3n) is 2.52. The van der Waals surface area contributed by atoms with Crippen LogP contribution in [0, 0.1) is 0 Å². The number of hydrogen-bond acceptors (Lipinski definition) is 3. The number of hydrogen-bond donors (Lipinski definition) is 2. The standard InChI is InChI=1S/C13H21NO2/c14-13-7-3-2-6-12(13)8-11-16-10-5-1-4-9-15/h2-3,6-7,15H,1,4-5,8-11,14H2. The van der Waals surface area contributed by atoms with Crippen LogP contribution in [0.1, 0.15) is 24.8 Å². The molecule has 0 spiro atoms. The van der Waals surface area contributed by atoms with Gasteiger partial charge in [-0.25, -0.2) is 0 Å². The first-order chi connectivity index (χ1) is 7.84. The van der Waals surface area contributed by atoms with E-state index in [2.05, 4.69) is 0 Å². The van der Waals surface area contributed by atoms with Gasteiger partial charge in [0.15, 0.2) is 0 Å². The van der Waals surface area contributed by atoms with Crippen molar-refractivity contribution in [1.29, 1.82) is 0 Å². The molecule has 0 radical (unpaired) electrons. The molecular weight excluding hydrogens is 202 g/mol. The zero-order valence-electron chi connectivity index (χ0n) is 9.69. The molecule has 0 aliphatic carbocycles. The summed E-state index contributed by atoms with van der Waals surface area (Å²) >= 11 is 0. The van der Waals surface area contributed by atoms with Crippen molar-refractivity contribution < 1.29 is 9.84 Å². The number of aliphatic hydroxyl groups is 1. The molecule has 1 aromatic carbocycles. The average molecular weight is 223 g/mol. The van der Waals surface area contributed by atoms with Crippen LogP contribution < -0.4 is 5.73 Å². The molecular formula is C13H21NO2. The number of nitrogens with two attached hydrogens (primary N) is 1. The van der Waals surface area contributed by atoms with Gasteiger partial charge in [0.25, 0.3) is 0 Å². The summed E-state index contributed by atoms with van der Waals surface area (Å²) in [6.45, 7) is 1.76. The molecule has 0 bridgehead atoms. The Morgan fingerprint density at radius 3 is 2.62 bits per heavy atom. The van der Waals surface area contributed by atoms with Gasteiger partial charge in [-0.05, 0) is 37.3 Å². The van der Waals surface area contributed by atoms with E-state index in [0.29, 0.717) is 6.61 Å². The first-order valence-corrected chi connectivity index (χ1v) is 5.86. The minimum atomic E-state index is 0.278. The molecule has 0 atom stereocenters. The highest BCUT2D eigenvalue weighted by atomic mass is 16.5. The molecule has 16 heavy (non-hydrogen) atoms. The van der Waals surface area contributed by atoms with Crippen molar-refractivity contribution in [2.45, 2.75) is 25.7 Å². The molecule has 3 N–H and O–H groups in total. The predicted octanol–water partition coefficient (Wildman–Crippen LogP) is 1.99. The molecule has 0 aromatic heterocycles. The summed E-state index contributed by atoms with van der Waals surface area (Å²) in [6.07, 6.45) is 3.79. The van der Waals surface area contributed by atoms with E-state index in [1.54, 1.807) is 0 Å². The number of para-hydroxylation sites is 1. The number of aliphatic hydroxyl groups excluding tert-OH is 1. The van der Waals surface area contributed by atoms with Crippen LogP contribution in [0.15, 0.2) is 24.3 Å². The van der Waals surface area contributed by atoms with E-state index in [9.17, 15) is 0 Å². The molecule has 0 aliphatic heterocycles. The van der Waals surface area contributed by atoms with Gasteiger partial charge in [0.05, 0.1) is 6.61 Å². The van der Waals surface area contributed by atoms with Gasteiger partial charge in [-0.1, -0.05) is 18.2 Å². The highest BCUT2D eigenvalue weighted by Crippen LogP contribution is 2.10. The van der Waals surface area contributed by atoms with Crippen LogP contribution in [0.25, 0.3) is 0 Å². The largest absolute Gasteiger partial charge is 0.399 e. The molecule has 3 nitrogen and oxygen atoms in total. The molecule has 1 rings (SSSR count).